The molecule has 0 aromatic heterocycles. The Kier molecular flexibility index (Phi) is 4.73. The molecule has 1 fully saturated rings. The lowest BCUT2D eigenvalue weighted by Gasteiger charge is -2.37. The highest BCUT2D eigenvalue weighted by Crippen LogP contribution is 2.35. The molecule has 0 bridgehead atoms. The van der Waals surface area contributed by atoms with Gasteiger partial charge < -0.3 is 15.4 Å². The van der Waals surface area contributed by atoms with E-state index in [1.54, 1.807) is 6.07 Å². The third-order valence-electron chi connectivity index (χ3n) is 3.60. The molecule has 2 rings (SSSR count). The van der Waals surface area contributed by atoms with Gasteiger partial charge in [0.1, 0.15) is 4.99 Å². The number of thiocarbonyl (C=S) groups is 1. The van der Waals surface area contributed by atoms with Crippen molar-refractivity contribution in [2.75, 3.05) is 24.7 Å². The van der Waals surface area contributed by atoms with Crippen LogP contribution in [0.15, 0.2) is 18.2 Å². The second-order valence-electron chi connectivity index (χ2n) is 4.92. The predicted octanol–water partition coefficient (Wildman–Crippen LogP) is 2.95. The third kappa shape index (κ3) is 3.47. The third-order valence-corrected chi connectivity index (χ3v) is 3.82. The molecule has 0 amide bonds. The number of hydrogen-bond donors (Lipinski definition) is 1. The highest BCUT2D eigenvalue weighted by molar-refractivity contribution is 7.80. The van der Waals surface area contributed by atoms with Gasteiger partial charge >= 0.3 is 6.18 Å². The topological polar surface area (TPSA) is 38.5 Å². The van der Waals surface area contributed by atoms with E-state index in [2.05, 4.69) is 0 Å². The van der Waals surface area contributed by atoms with Crippen molar-refractivity contribution in [3.8, 4) is 0 Å². The monoisotopic (exact) mass is 318 g/mol. The van der Waals surface area contributed by atoms with Gasteiger partial charge in [0.2, 0.25) is 0 Å². The smallest absolute Gasteiger partial charge is 0.389 e. The van der Waals surface area contributed by atoms with Crippen LogP contribution in [0.2, 0.25) is 0 Å². The first kappa shape index (κ1) is 16.0. The molecular formula is C14H17F3N2OS. The van der Waals surface area contributed by atoms with E-state index in [-0.39, 0.29) is 16.6 Å². The van der Waals surface area contributed by atoms with Crippen molar-refractivity contribution in [1.29, 1.82) is 0 Å². The van der Waals surface area contributed by atoms with Gasteiger partial charge in [-0.05, 0) is 24.6 Å². The fourth-order valence-corrected chi connectivity index (χ4v) is 2.67. The number of nitrogens with zero attached hydrogens (tertiary/aromatic N) is 1. The molecule has 1 atom stereocenters. The van der Waals surface area contributed by atoms with Gasteiger partial charge in [-0.2, -0.15) is 13.2 Å². The Morgan fingerprint density at radius 3 is 2.76 bits per heavy atom. The highest BCUT2D eigenvalue weighted by Gasteiger charge is 2.35. The fourth-order valence-electron chi connectivity index (χ4n) is 2.49. The Hall–Kier alpha value is -1.34. The van der Waals surface area contributed by atoms with E-state index >= 15 is 0 Å². The minimum atomic E-state index is -4.48. The maximum Gasteiger partial charge on any atom is 0.417 e. The van der Waals surface area contributed by atoms with E-state index in [0.717, 1.165) is 12.5 Å². The van der Waals surface area contributed by atoms with Gasteiger partial charge in [-0.25, -0.2) is 0 Å². The van der Waals surface area contributed by atoms with Gasteiger partial charge in [0.05, 0.1) is 24.8 Å². The molecule has 7 heteroatoms. The molecule has 0 saturated carbocycles. The lowest BCUT2D eigenvalue weighted by molar-refractivity contribution is -0.137. The largest absolute Gasteiger partial charge is 0.417 e. The number of halogens is 3. The second kappa shape index (κ2) is 6.19. The molecule has 1 saturated heterocycles. The zero-order valence-electron chi connectivity index (χ0n) is 11.6. The molecule has 3 nitrogen and oxygen atoms in total. The summed E-state index contributed by atoms with van der Waals surface area (Å²) in [4.78, 5) is 1.70. The Morgan fingerprint density at radius 1 is 1.48 bits per heavy atom. The summed E-state index contributed by atoms with van der Waals surface area (Å²) in [7, 11) is 0. The predicted molar refractivity (Wildman–Crippen MR) is 79.6 cm³/mol. The molecule has 1 heterocycles. The second-order valence-corrected chi connectivity index (χ2v) is 5.36. The van der Waals surface area contributed by atoms with E-state index in [1.165, 1.54) is 6.07 Å². The van der Waals surface area contributed by atoms with Crippen LogP contribution in [0, 0.1) is 0 Å². The average Bonchev–Trinajstić information content (AvgIpc) is 2.45. The summed E-state index contributed by atoms with van der Waals surface area (Å²) in [6.45, 7) is 3.59. The van der Waals surface area contributed by atoms with Crippen molar-refractivity contribution in [1.82, 2.24) is 0 Å². The summed E-state index contributed by atoms with van der Waals surface area (Å²) >= 11 is 4.71. The first-order valence-corrected chi connectivity index (χ1v) is 7.11. The van der Waals surface area contributed by atoms with Gasteiger partial charge in [-0.1, -0.05) is 19.1 Å². The molecule has 2 N–H and O–H groups in total. The van der Waals surface area contributed by atoms with Crippen LogP contribution in [-0.4, -0.2) is 30.8 Å². The first-order valence-electron chi connectivity index (χ1n) is 6.70. The molecular weight excluding hydrogens is 301 g/mol. The molecule has 1 unspecified atom stereocenters. The van der Waals surface area contributed by atoms with Crippen LogP contribution in [0.3, 0.4) is 0 Å². The molecule has 0 spiro atoms. The van der Waals surface area contributed by atoms with Crippen LogP contribution in [0.25, 0.3) is 0 Å². The molecule has 1 aliphatic rings. The summed E-state index contributed by atoms with van der Waals surface area (Å²) in [6, 6.07) is 4.19. The summed E-state index contributed by atoms with van der Waals surface area (Å²) in [5, 5.41) is 0. The van der Waals surface area contributed by atoms with Crippen molar-refractivity contribution in [3.63, 3.8) is 0 Å². The zero-order valence-corrected chi connectivity index (χ0v) is 12.4. The summed E-state index contributed by atoms with van der Waals surface area (Å²) in [5.74, 6) is 0. The Balaban J connectivity index is 2.44. The minimum Gasteiger partial charge on any atom is -0.389 e. The van der Waals surface area contributed by atoms with Crippen molar-refractivity contribution >= 4 is 22.9 Å². The Bertz CT molecular complexity index is 533. The van der Waals surface area contributed by atoms with Gasteiger partial charge in [0.15, 0.2) is 0 Å². The van der Waals surface area contributed by atoms with E-state index < -0.39 is 11.7 Å². The van der Waals surface area contributed by atoms with Crippen molar-refractivity contribution < 1.29 is 17.9 Å². The van der Waals surface area contributed by atoms with Crippen molar-refractivity contribution in [2.24, 2.45) is 5.73 Å². The van der Waals surface area contributed by atoms with Crippen molar-refractivity contribution in [3.05, 3.63) is 29.3 Å². The van der Waals surface area contributed by atoms with Gasteiger partial charge in [-0.15, -0.1) is 0 Å². The molecule has 1 aromatic carbocycles. The molecule has 1 aliphatic heterocycles. The standard InChI is InChI=1S/C14H17F3N2OS/c1-2-9-8-20-6-5-19(9)10-3-4-11(13(18)21)12(7-10)14(15,16)17/h3-4,7,9H,2,5-6,8H2,1H3,(H2,18,21). The Labute approximate surface area is 126 Å². The first-order chi connectivity index (χ1) is 9.84. The molecule has 0 aliphatic carbocycles. The van der Waals surface area contributed by atoms with Crippen molar-refractivity contribution in [2.45, 2.75) is 25.6 Å². The van der Waals surface area contributed by atoms with Crippen LogP contribution >= 0.6 is 12.2 Å². The van der Waals surface area contributed by atoms with Gasteiger partial charge in [0.25, 0.3) is 0 Å². The zero-order chi connectivity index (χ0) is 15.6. The van der Waals surface area contributed by atoms with Crippen LogP contribution in [0.4, 0.5) is 18.9 Å². The fraction of sp³-hybridized carbons (Fsp3) is 0.500. The van der Waals surface area contributed by atoms with E-state index in [4.69, 9.17) is 22.7 Å². The van der Waals surface area contributed by atoms with E-state index in [1.807, 2.05) is 11.8 Å². The summed E-state index contributed by atoms with van der Waals surface area (Å²) in [6.07, 6.45) is -3.68. The number of nitrogens with two attached hydrogens (primary N) is 1. The SMILES string of the molecule is CCC1COCCN1c1ccc(C(N)=S)c(C(F)(F)F)c1. The summed E-state index contributed by atoms with van der Waals surface area (Å²) in [5.41, 5.74) is 5.00. The van der Waals surface area contributed by atoms with Gasteiger partial charge in [0, 0.05) is 17.8 Å². The number of benzene rings is 1. The highest BCUT2D eigenvalue weighted by atomic mass is 32.1. The number of morpholine rings is 1. The number of ether oxygens (including phenoxy) is 1. The number of anilines is 1. The Morgan fingerprint density at radius 2 is 2.19 bits per heavy atom. The number of alkyl halides is 3. The van der Waals surface area contributed by atoms with Crippen LogP contribution in [-0.2, 0) is 10.9 Å². The minimum absolute atomic E-state index is 0.0792. The lowest BCUT2D eigenvalue weighted by atomic mass is 10.0. The number of hydrogen-bond acceptors (Lipinski definition) is 3. The normalized spacial score (nSPS) is 19.6. The van der Waals surface area contributed by atoms with Gasteiger partial charge in [-0.3, -0.25) is 0 Å². The summed E-state index contributed by atoms with van der Waals surface area (Å²) < 4.78 is 44.9. The molecule has 21 heavy (non-hydrogen) atoms. The van der Waals surface area contributed by atoms with Crippen LogP contribution in [0.5, 0.6) is 0 Å². The molecule has 0 radical (unpaired) electrons. The molecule has 1 aromatic rings. The maximum absolute atomic E-state index is 13.2. The maximum atomic E-state index is 13.2. The van der Waals surface area contributed by atoms with E-state index in [0.29, 0.717) is 25.4 Å². The lowest BCUT2D eigenvalue weighted by Crippen LogP contribution is -2.45. The van der Waals surface area contributed by atoms with Crippen LogP contribution in [0.1, 0.15) is 24.5 Å². The molecule has 116 valence electrons. The van der Waals surface area contributed by atoms with E-state index in [9.17, 15) is 13.2 Å². The average molecular weight is 318 g/mol. The number of rotatable bonds is 3. The van der Waals surface area contributed by atoms with Crippen LogP contribution < -0.4 is 10.6 Å². The quantitative estimate of drug-likeness (QED) is 0.870.